The summed E-state index contributed by atoms with van der Waals surface area (Å²) in [4.78, 5) is 9.42. The van der Waals surface area contributed by atoms with Crippen molar-refractivity contribution in [1.82, 2.24) is 4.72 Å². The Hall–Kier alpha value is -2.72. The first kappa shape index (κ1) is 19.6. The molecule has 26 heavy (non-hydrogen) atoms. The summed E-state index contributed by atoms with van der Waals surface area (Å²) in [5.74, 6) is -0.168. The van der Waals surface area contributed by atoms with Crippen molar-refractivity contribution >= 4 is 15.7 Å². The Morgan fingerprint density at radius 3 is 2.46 bits per heavy atom. The molecule has 2 aromatic rings. The van der Waals surface area contributed by atoms with Gasteiger partial charge in [0, 0.05) is 29.8 Å². The van der Waals surface area contributed by atoms with Gasteiger partial charge in [-0.1, -0.05) is 6.07 Å². The second kappa shape index (κ2) is 7.67. The molecule has 8 nitrogen and oxygen atoms in total. The third-order valence-electron chi connectivity index (χ3n) is 3.68. The summed E-state index contributed by atoms with van der Waals surface area (Å²) in [7, 11) is -1.43. The van der Waals surface area contributed by atoms with Crippen LogP contribution in [0.25, 0.3) is 0 Å². The molecule has 0 spiro atoms. The van der Waals surface area contributed by atoms with Crippen LogP contribution in [-0.4, -0.2) is 27.6 Å². The van der Waals surface area contributed by atoms with Crippen LogP contribution in [0.5, 0.6) is 11.5 Å². The molecule has 1 N–H and O–H groups in total. The normalized spacial score (nSPS) is 11.2. The van der Waals surface area contributed by atoms with Crippen LogP contribution in [0.15, 0.2) is 35.2 Å². The topological polar surface area (TPSA) is 108 Å². The molecule has 0 saturated heterocycles. The number of sulfonamides is 1. The number of aryl methyl sites for hydroxylation is 1. The zero-order chi connectivity index (χ0) is 19.5. The van der Waals surface area contributed by atoms with Gasteiger partial charge in [-0.25, -0.2) is 17.5 Å². The van der Waals surface area contributed by atoms with E-state index in [1.54, 1.807) is 18.2 Å². The highest BCUT2D eigenvalue weighted by molar-refractivity contribution is 7.89. The average Bonchev–Trinajstić information content (AvgIpc) is 2.59. The first-order chi connectivity index (χ1) is 12.2. The highest BCUT2D eigenvalue weighted by atomic mass is 32.2. The second-order valence-electron chi connectivity index (χ2n) is 5.33. The Labute approximate surface area is 149 Å². The van der Waals surface area contributed by atoms with E-state index >= 15 is 0 Å². The molecule has 2 rings (SSSR count). The number of hydrogen-bond donors (Lipinski definition) is 1. The number of ether oxygens (including phenoxy) is 2. The van der Waals surface area contributed by atoms with Gasteiger partial charge in [-0.15, -0.1) is 0 Å². The van der Waals surface area contributed by atoms with Crippen LogP contribution in [0, 0.1) is 22.9 Å². The molecular weight excluding hydrogens is 367 g/mol. The van der Waals surface area contributed by atoms with Gasteiger partial charge in [-0.3, -0.25) is 10.1 Å². The van der Waals surface area contributed by atoms with Gasteiger partial charge < -0.3 is 9.47 Å². The van der Waals surface area contributed by atoms with E-state index in [9.17, 15) is 22.9 Å². The summed E-state index contributed by atoms with van der Waals surface area (Å²) < 4.78 is 51.3. The summed E-state index contributed by atoms with van der Waals surface area (Å²) in [5, 5.41) is 11.0. The maximum Gasteiger partial charge on any atom is 0.273 e. The first-order valence-corrected chi connectivity index (χ1v) is 8.83. The maximum atomic E-state index is 14.1. The van der Waals surface area contributed by atoms with Crippen LogP contribution in [-0.2, 0) is 16.6 Å². The minimum atomic E-state index is -4.32. The zero-order valence-corrected chi connectivity index (χ0v) is 15.1. The fourth-order valence-corrected chi connectivity index (χ4v) is 3.38. The standard InChI is InChI=1S/C16H17FN2O6S/c1-10-6-13(17)16(8-14(10)19(20)21)26(22,23)18-9-11-4-5-12(24-2)7-15(11)25-3/h4-8,18H,9H2,1-3H3. The largest absolute Gasteiger partial charge is 0.497 e. The Bertz CT molecular complexity index is 946. The molecule has 2 aromatic carbocycles. The summed E-state index contributed by atoms with van der Waals surface area (Å²) in [6.07, 6.45) is 0. The summed E-state index contributed by atoms with van der Waals surface area (Å²) in [6, 6.07) is 6.30. The molecule has 0 unspecified atom stereocenters. The van der Waals surface area contributed by atoms with E-state index in [2.05, 4.69) is 4.72 Å². The molecular formula is C16H17FN2O6S. The number of rotatable bonds is 7. The van der Waals surface area contributed by atoms with Crippen LogP contribution < -0.4 is 14.2 Å². The van der Waals surface area contributed by atoms with E-state index in [0.717, 1.165) is 6.07 Å². The minimum absolute atomic E-state index is 0.0308. The van der Waals surface area contributed by atoms with Crippen molar-refractivity contribution < 1.29 is 27.2 Å². The van der Waals surface area contributed by atoms with Gasteiger partial charge in [0.25, 0.3) is 5.69 Å². The van der Waals surface area contributed by atoms with Gasteiger partial charge in [-0.05, 0) is 19.1 Å². The maximum absolute atomic E-state index is 14.1. The molecule has 0 radical (unpaired) electrons. The van der Waals surface area contributed by atoms with Gasteiger partial charge in [-0.2, -0.15) is 0 Å². The predicted molar refractivity (Wildman–Crippen MR) is 91.4 cm³/mol. The molecule has 140 valence electrons. The Kier molecular flexibility index (Phi) is 5.78. The Morgan fingerprint density at radius 1 is 1.19 bits per heavy atom. The van der Waals surface area contributed by atoms with Crippen LogP contribution in [0.4, 0.5) is 10.1 Å². The highest BCUT2D eigenvalue weighted by Crippen LogP contribution is 2.27. The van der Waals surface area contributed by atoms with Gasteiger partial charge in [0.05, 0.1) is 19.1 Å². The van der Waals surface area contributed by atoms with E-state index < -0.39 is 31.3 Å². The van der Waals surface area contributed by atoms with E-state index in [4.69, 9.17) is 9.47 Å². The van der Waals surface area contributed by atoms with Crippen LogP contribution in [0.1, 0.15) is 11.1 Å². The molecule has 0 aliphatic rings. The number of benzene rings is 2. The highest BCUT2D eigenvalue weighted by Gasteiger charge is 2.25. The lowest BCUT2D eigenvalue weighted by atomic mass is 10.2. The molecule has 0 aromatic heterocycles. The van der Waals surface area contributed by atoms with E-state index in [0.29, 0.717) is 23.1 Å². The predicted octanol–water partition coefficient (Wildman–Crippen LogP) is 2.54. The number of hydrogen-bond acceptors (Lipinski definition) is 6. The quantitative estimate of drug-likeness (QED) is 0.581. The van der Waals surface area contributed by atoms with Crippen LogP contribution >= 0.6 is 0 Å². The van der Waals surface area contributed by atoms with Crippen molar-refractivity contribution in [1.29, 1.82) is 0 Å². The van der Waals surface area contributed by atoms with E-state index in [-0.39, 0.29) is 12.1 Å². The lowest BCUT2D eigenvalue weighted by molar-refractivity contribution is -0.385. The van der Waals surface area contributed by atoms with Gasteiger partial charge in [0.15, 0.2) is 0 Å². The third kappa shape index (κ3) is 4.09. The molecule has 0 aliphatic heterocycles. The lowest BCUT2D eigenvalue weighted by Gasteiger charge is -2.12. The third-order valence-corrected chi connectivity index (χ3v) is 5.10. The fourth-order valence-electron chi connectivity index (χ4n) is 2.29. The van der Waals surface area contributed by atoms with Crippen molar-refractivity contribution in [3.63, 3.8) is 0 Å². The number of halogens is 1. The van der Waals surface area contributed by atoms with Gasteiger partial charge in [0.2, 0.25) is 10.0 Å². The van der Waals surface area contributed by atoms with E-state index in [1.807, 2.05) is 0 Å². The van der Waals surface area contributed by atoms with E-state index in [1.165, 1.54) is 21.1 Å². The number of nitrogens with one attached hydrogen (secondary N) is 1. The van der Waals surface area contributed by atoms with Crippen LogP contribution in [0.3, 0.4) is 0 Å². The molecule has 0 aliphatic carbocycles. The molecule has 0 amide bonds. The number of nitro groups is 1. The molecule has 10 heteroatoms. The number of methoxy groups -OCH3 is 2. The molecule has 0 bridgehead atoms. The van der Waals surface area contributed by atoms with Gasteiger partial charge in [0.1, 0.15) is 22.2 Å². The fraction of sp³-hybridized carbons (Fsp3) is 0.250. The molecule has 0 atom stereocenters. The SMILES string of the molecule is COc1ccc(CNS(=O)(=O)c2cc([N+](=O)[O-])c(C)cc2F)c(OC)c1. The van der Waals surface area contributed by atoms with Crippen molar-refractivity contribution in [2.45, 2.75) is 18.4 Å². The number of nitro benzene ring substituents is 1. The first-order valence-electron chi connectivity index (χ1n) is 7.34. The summed E-state index contributed by atoms with van der Waals surface area (Å²) in [6.45, 7) is 1.13. The smallest absolute Gasteiger partial charge is 0.273 e. The van der Waals surface area contributed by atoms with Crippen molar-refractivity contribution in [3.8, 4) is 11.5 Å². The molecule has 0 saturated carbocycles. The van der Waals surface area contributed by atoms with Crippen molar-refractivity contribution in [2.24, 2.45) is 0 Å². The molecule has 0 fully saturated rings. The van der Waals surface area contributed by atoms with Gasteiger partial charge >= 0.3 is 0 Å². The monoisotopic (exact) mass is 384 g/mol. The van der Waals surface area contributed by atoms with Crippen molar-refractivity contribution in [2.75, 3.05) is 14.2 Å². The summed E-state index contributed by atoms with van der Waals surface area (Å²) >= 11 is 0. The zero-order valence-electron chi connectivity index (χ0n) is 14.3. The lowest BCUT2D eigenvalue weighted by Crippen LogP contribution is -2.24. The van der Waals surface area contributed by atoms with Crippen molar-refractivity contribution in [3.05, 3.63) is 57.4 Å². The molecule has 0 heterocycles. The minimum Gasteiger partial charge on any atom is -0.497 e. The average molecular weight is 384 g/mol. The Morgan fingerprint density at radius 2 is 1.88 bits per heavy atom. The summed E-state index contributed by atoms with van der Waals surface area (Å²) in [5.41, 5.74) is 0.0379. The Balaban J connectivity index is 2.33. The van der Waals surface area contributed by atoms with Crippen LogP contribution in [0.2, 0.25) is 0 Å². The second-order valence-corrected chi connectivity index (χ2v) is 7.06. The number of nitrogens with zero attached hydrogens (tertiary/aromatic N) is 1.